The van der Waals surface area contributed by atoms with E-state index in [4.69, 9.17) is 4.99 Å². The van der Waals surface area contributed by atoms with Crippen LogP contribution >= 0.6 is 0 Å². The molecule has 0 spiro atoms. The first-order valence-electron chi connectivity index (χ1n) is 9.47. The molecule has 1 atom stereocenters. The predicted octanol–water partition coefficient (Wildman–Crippen LogP) is 0.280. The van der Waals surface area contributed by atoms with Gasteiger partial charge in [-0.1, -0.05) is 0 Å². The summed E-state index contributed by atoms with van der Waals surface area (Å²) in [5, 5.41) is 3.49. The predicted molar refractivity (Wildman–Crippen MR) is 101 cm³/mol. The molecule has 1 aromatic heterocycles. The van der Waals surface area contributed by atoms with Crippen molar-refractivity contribution < 1.29 is 12.8 Å². The van der Waals surface area contributed by atoms with E-state index in [2.05, 4.69) is 20.2 Å². The largest absolute Gasteiger partial charge is 0.354 e. The molecule has 1 aromatic rings. The number of anilines is 1. The van der Waals surface area contributed by atoms with Crippen LogP contribution in [0.1, 0.15) is 19.3 Å². The molecule has 1 unspecified atom stereocenters. The Hall–Kier alpha value is -1.97. The van der Waals surface area contributed by atoms with E-state index in [9.17, 15) is 12.8 Å². The Labute approximate surface area is 158 Å². The Morgan fingerprint density at radius 2 is 1.89 bits per heavy atom. The average Bonchev–Trinajstić information content (AvgIpc) is 3.41. The van der Waals surface area contributed by atoms with Crippen molar-refractivity contribution in [2.45, 2.75) is 25.3 Å². The molecule has 1 aliphatic carbocycles. The molecular formula is C17H25FN6O2S. The summed E-state index contributed by atoms with van der Waals surface area (Å²) in [4.78, 5) is 17.1. The van der Waals surface area contributed by atoms with E-state index in [-0.39, 0.29) is 17.4 Å². The van der Waals surface area contributed by atoms with Gasteiger partial charge in [-0.25, -0.2) is 22.8 Å². The third-order valence-corrected chi connectivity index (χ3v) is 7.04. The molecule has 3 fully saturated rings. The minimum absolute atomic E-state index is 0.125. The molecule has 0 aromatic carbocycles. The Morgan fingerprint density at radius 1 is 1.19 bits per heavy atom. The van der Waals surface area contributed by atoms with Crippen molar-refractivity contribution >= 4 is 21.7 Å². The van der Waals surface area contributed by atoms with Gasteiger partial charge in [-0.05, 0) is 25.2 Å². The van der Waals surface area contributed by atoms with Gasteiger partial charge in [-0.3, -0.25) is 4.99 Å². The maximum atomic E-state index is 13.0. The fourth-order valence-electron chi connectivity index (χ4n) is 3.47. The van der Waals surface area contributed by atoms with Crippen LogP contribution in [-0.2, 0) is 9.84 Å². The van der Waals surface area contributed by atoms with Gasteiger partial charge in [0.25, 0.3) is 0 Å². The topological polar surface area (TPSA) is 90.8 Å². The smallest absolute Gasteiger partial charge is 0.225 e. The highest BCUT2D eigenvalue weighted by atomic mass is 32.2. The van der Waals surface area contributed by atoms with Gasteiger partial charge in [0.1, 0.15) is 0 Å². The van der Waals surface area contributed by atoms with Gasteiger partial charge in [0, 0.05) is 38.8 Å². The van der Waals surface area contributed by atoms with Crippen molar-refractivity contribution in [2.24, 2.45) is 10.9 Å². The number of hydrogen-bond donors (Lipinski definition) is 1. The molecule has 2 aliphatic heterocycles. The maximum absolute atomic E-state index is 13.0. The van der Waals surface area contributed by atoms with Gasteiger partial charge in [0.05, 0.1) is 23.9 Å². The van der Waals surface area contributed by atoms with Crippen LogP contribution < -0.4 is 10.2 Å². The molecular weight excluding hydrogens is 371 g/mol. The molecule has 148 valence electrons. The highest BCUT2D eigenvalue weighted by molar-refractivity contribution is 7.91. The number of halogens is 1. The number of sulfone groups is 1. The Kier molecular flexibility index (Phi) is 5.16. The molecule has 1 saturated carbocycles. The number of nitrogens with zero attached hydrogens (tertiary/aromatic N) is 5. The lowest BCUT2D eigenvalue weighted by molar-refractivity contribution is 0.367. The van der Waals surface area contributed by atoms with E-state index in [0.717, 1.165) is 45.0 Å². The average molecular weight is 396 g/mol. The van der Waals surface area contributed by atoms with Gasteiger partial charge < -0.3 is 15.1 Å². The highest BCUT2D eigenvalue weighted by Crippen LogP contribution is 2.21. The van der Waals surface area contributed by atoms with Gasteiger partial charge in [-0.15, -0.1) is 0 Å². The lowest BCUT2D eigenvalue weighted by Crippen LogP contribution is -2.53. The second-order valence-electron chi connectivity index (χ2n) is 7.53. The fourth-order valence-corrected chi connectivity index (χ4v) is 5.32. The zero-order valence-corrected chi connectivity index (χ0v) is 16.0. The molecule has 10 heteroatoms. The highest BCUT2D eigenvalue weighted by Gasteiger charge is 2.30. The van der Waals surface area contributed by atoms with Crippen LogP contribution in [0.5, 0.6) is 0 Å². The molecule has 3 heterocycles. The second-order valence-corrected chi connectivity index (χ2v) is 9.76. The quantitative estimate of drug-likeness (QED) is 0.577. The minimum Gasteiger partial charge on any atom is -0.354 e. The van der Waals surface area contributed by atoms with Crippen LogP contribution in [-0.4, -0.2) is 79.5 Å². The van der Waals surface area contributed by atoms with Crippen LogP contribution in [0, 0.1) is 11.7 Å². The number of guanidine groups is 1. The third kappa shape index (κ3) is 4.85. The molecule has 4 rings (SSSR count). The van der Waals surface area contributed by atoms with E-state index in [0.29, 0.717) is 25.0 Å². The summed E-state index contributed by atoms with van der Waals surface area (Å²) in [5.41, 5.74) is 0. The molecule has 27 heavy (non-hydrogen) atoms. The first-order valence-corrected chi connectivity index (χ1v) is 11.3. The van der Waals surface area contributed by atoms with E-state index >= 15 is 0 Å². The third-order valence-electron chi connectivity index (χ3n) is 5.21. The Balaban J connectivity index is 1.36. The van der Waals surface area contributed by atoms with E-state index in [1.807, 2.05) is 4.90 Å². The van der Waals surface area contributed by atoms with Crippen LogP contribution in [0.3, 0.4) is 0 Å². The van der Waals surface area contributed by atoms with Crippen LogP contribution in [0.2, 0.25) is 0 Å². The zero-order chi connectivity index (χ0) is 18.9. The zero-order valence-electron chi connectivity index (χ0n) is 15.2. The summed E-state index contributed by atoms with van der Waals surface area (Å²) in [6.45, 7) is 3.55. The molecule has 3 aliphatic rings. The SMILES string of the molecule is O=S1(=O)CCC(CN=C(NC2CC2)N2CCN(c3ncc(F)cn3)CC2)C1. The number of rotatable bonds is 4. The summed E-state index contributed by atoms with van der Waals surface area (Å²) in [5.74, 6) is 1.65. The van der Waals surface area contributed by atoms with Crippen molar-refractivity contribution in [2.75, 3.05) is 49.1 Å². The number of aromatic nitrogens is 2. The van der Waals surface area contributed by atoms with Crippen molar-refractivity contribution in [1.82, 2.24) is 20.2 Å². The molecule has 1 N–H and O–H groups in total. The van der Waals surface area contributed by atoms with Crippen LogP contribution in [0.15, 0.2) is 17.4 Å². The standard InChI is InChI=1S/C17H25FN6O2S/c18-14-10-20-16(21-11-14)23-4-6-24(7-5-23)17(22-15-1-2-15)19-9-13-3-8-27(25,26)12-13/h10-11,13,15H,1-9,12H2,(H,19,22). The van der Waals surface area contributed by atoms with Gasteiger partial charge >= 0.3 is 0 Å². The van der Waals surface area contributed by atoms with Gasteiger partial charge in [-0.2, -0.15) is 0 Å². The van der Waals surface area contributed by atoms with Gasteiger partial charge in [0.15, 0.2) is 21.6 Å². The van der Waals surface area contributed by atoms with E-state index < -0.39 is 15.7 Å². The lowest BCUT2D eigenvalue weighted by atomic mass is 10.1. The molecule has 8 nitrogen and oxygen atoms in total. The van der Waals surface area contributed by atoms with Crippen molar-refractivity contribution in [3.8, 4) is 0 Å². The molecule has 0 radical (unpaired) electrons. The maximum Gasteiger partial charge on any atom is 0.225 e. The molecule has 2 saturated heterocycles. The monoisotopic (exact) mass is 396 g/mol. The summed E-state index contributed by atoms with van der Waals surface area (Å²) < 4.78 is 36.3. The number of aliphatic imine (C=N–C) groups is 1. The first-order chi connectivity index (χ1) is 13.0. The number of hydrogen-bond acceptors (Lipinski definition) is 6. The lowest BCUT2D eigenvalue weighted by Gasteiger charge is -2.36. The van der Waals surface area contributed by atoms with E-state index in [1.54, 1.807) is 0 Å². The first kappa shape index (κ1) is 18.4. The van der Waals surface area contributed by atoms with Gasteiger partial charge in [0.2, 0.25) is 5.95 Å². The molecule has 0 amide bonds. The van der Waals surface area contributed by atoms with Crippen molar-refractivity contribution in [1.29, 1.82) is 0 Å². The van der Waals surface area contributed by atoms with E-state index in [1.165, 1.54) is 12.4 Å². The second kappa shape index (κ2) is 7.57. The van der Waals surface area contributed by atoms with Crippen molar-refractivity contribution in [3.63, 3.8) is 0 Å². The summed E-state index contributed by atoms with van der Waals surface area (Å²) in [6, 6.07) is 0.481. The summed E-state index contributed by atoms with van der Waals surface area (Å²) >= 11 is 0. The minimum atomic E-state index is -2.87. The Bertz CT molecular complexity index is 788. The van der Waals surface area contributed by atoms with Crippen LogP contribution in [0.25, 0.3) is 0 Å². The Morgan fingerprint density at radius 3 is 2.48 bits per heavy atom. The summed E-state index contributed by atoms with van der Waals surface area (Å²) in [7, 11) is -2.87. The summed E-state index contributed by atoms with van der Waals surface area (Å²) in [6.07, 6.45) is 5.39. The molecule has 0 bridgehead atoms. The normalized spacial score (nSPS) is 25.7. The van der Waals surface area contributed by atoms with Crippen molar-refractivity contribution in [3.05, 3.63) is 18.2 Å². The number of nitrogens with one attached hydrogen (secondary N) is 1. The fraction of sp³-hybridized carbons (Fsp3) is 0.706. The number of piperazine rings is 1. The van der Waals surface area contributed by atoms with Crippen LogP contribution in [0.4, 0.5) is 10.3 Å².